The number of hydrogen-bond acceptors (Lipinski definition) is 4. The highest BCUT2D eigenvalue weighted by atomic mass is 19.1. The highest BCUT2D eigenvalue weighted by Gasteiger charge is 2.31. The van der Waals surface area contributed by atoms with E-state index in [0.717, 1.165) is 5.56 Å². The maximum Gasteiger partial charge on any atom is 0.276 e. The molecule has 0 spiro atoms. The van der Waals surface area contributed by atoms with Gasteiger partial charge in [-0.3, -0.25) is 9.69 Å². The van der Waals surface area contributed by atoms with E-state index in [1.54, 1.807) is 23.1 Å². The Morgan fingerprint density at radius 2 is 1.85 bits per heavy atom. The van der Waals surface area contributed by atoms with Crippen LogP contribution in [0.25, 0.3) is 11.3 Å². The molecule has 1 aliphatic rings. The molecule has 1 saturated heterocycles. The average molecular weight is 365 g/mol. The predicted octanol–water partition coefficient (Wildman–Crippen LogP) is 3.61. The van der Waals surface area contributed by atoms with Gasteiger partial charge in [0, 0.05) is 36.8 Å². The minimum absolute atomic E-state index is 0.190. The molecule has 5 nitrogen and oxygen atoms in total. The first-order valence-electron chi connectivity index (χ1n) is 8.89. The van der Waals surface area contributed by atoms with Crippen molar-refractivity contribution in [2.75, 3.05) is 26.7 Å². The molecule has 2 aromatic carbocycles. The molecule has 1 amide bonds. The second-order valence-corrected chi connectivity index (χ2v) is 6.71. The molecule has 1 aromatic heterocycles. The summed E-state index contributed by atoms with van der Waals surface area (Å²) in [6.07, 6.45) is 0. The molecule has 1 unspecified atom stereocenters. The van der Waals surface area contributed by atoms with Crippen molar-refractivity contribution in [3.8, 4) is 11.3 Å². The highest BCUT2D eigenvalue weighted by molar-refractivity contribution is 5.93. The molecule has 1 aliphatic heterocycles. The number of halogens is 1. The fraction of sp³-hybridized carbons (Fsp3) is 0.238. The van der Waals surface area contributed by atoms with Crippen molar-refractivity contribution in [1.29, 1.82) is 0 Å². The number of rotatable bonds is 3. The van der Waals surface area contributed by atoms with Gasteiger partial charge in [0.1, 0.15) is 5.82 Å². The van der Waals surface area contributed by atoms with E-state index in [0.29, 0.717) is 31.0 Å². The minimum atomic E-state index is -0.253. The van der Waals surface area contributed by atoms with E-state index in [1.165, 1.54) is 6.07 Å². The van der Waals surface area contributed by atoms with Crippen molar-refractivity contribution in [2.24, 2.45) is 0 Å². The summed E-state index contributed by atoms with van der Waals surface area (Å²) in [7, 11) is 1.95. The number of carbonyl (C=O) groups is 1. The van der Waals surface area contributed by atoms with E-state index in [9.17, 15) is 9.18 Å². The molecule has 1 fully saturated rings. The fourth-order valence-electron chi connectivity index (χ4n) is 3.42. The standard InChI is InChI=1S/C21H20FN3O2/c1-24-11-12-25(14-19(24)16-9-5-6-10-17(16)22)21(26)18-13-20(27-23-18)15-7-3-2-4-8-15/h2-10,13,19H,11-12,14H2,1H3. The van der Waals surface area contributed by atoms with E-state index in [2.05, 4.69) is 10.1 Å². The summed E-state index contributed by atoms with van der Waals surface area (Å²) in [4.78, 5) is 16.7. The molecule has 0 saturated carbocycles. The molecule has 0 aliphatic carbocycles. The summed E-state index contributed by atoms with van der Waals surface area (Å²) in [6.45, 7) is 1.63. The van der Waals surface area contributed by atoms with Gasteiger partial charge in [0.2, 0.25) is 0 Å². The molecule has 27 heavy (non-hydrogen) atoms. The number of likely N-dealkylation sites (N-methyl/N-ethyl adjacent to an activating group) is 1. The maximum absolute atomic E-state index is 14.2. The summed E-state index contributed by atoms with van der Waals surface area (Å²) in [5, 5.41) is 3.95. The Labute approximate surface area is 157 Å². The van der Waals surface area contributed by atoms with Gasteiger partial charge >= 0.3 is 0 Å². The van der Waals surface area contributed by atoms with Gasteiger partial charge in [0.15, 0.2) is 11.5 Å². The third-order valence-electron chi connectivity index (χ3n) is 4.99. The van der Waals surface area contributed by atoms with E-state index < -0.39 is 0 Å². The van der Waals surface area contributed by atoms with Crippen LogP contribution in [0.2, 0.25) is 0 Å². The van der Waals surface area contributed by atoms with Crippen molar-refractivity contribution in [3.63, 3.8) is 0 Å². The van der Waals surface area contributed by atoms with E-state index in [1.807, 2.05) is 43.4 Å². The van der Waals surface area contributed by atoms with E-state index >= 15 is 0 Å². The van der Waals surface area contributed by atoms with Gasteiger partial charge < -0.3 is 9.42 Å². The lowest BCUT2D eigenvalue weighted by molar-refractivity contribution is 0.0531. The van der Waals surface area contributed by atoms with Crippen LogP contribution in [0.1, 0.15) is 22.1 Å². The zero-order valence-corrected chi connectivity index (χ0v) is 15.0. The topological polar surface area (TPSA) is 49.6 Å². The third-order valence-corrected chi connectivity index (χ3v) is 4.99. The van der Waals surface area contributed by atoms with Crippen LogP contribution < -0.4 is 0 Å². The van der Waals surface area contributed by atoms with E-state index in [-0.39, 0.29) is 23.5 Å². The monoisotopic (exact) mass is 365 g/mol. The number of hydrogen-bond donors (Lipinski definition) is 0. The van der Waals surface area contributed by atoms with Crippen molar-refractivity contribution < 1.29 is 13.7 Å². The number of carbonyl (C=O) groups excluding carboxylic acids is 1. The van der Waals surface area contributed by atoms with Crippen LogP contribution in [0.3, 0.4) is 0 Å². The Morgan fingerprint density at radius 3 is 2.63 bits per heavy atom. The van der Waals surface area contributed by atoms with Crippen LogP contribution in [-0.4, -0.2) is 47.5 Å². The molecule has 3 aromatic rings. The van der Waals surface area contributed by atoms with Crippen LogP contribution in [0.15, 0.2) is 65.2 Å². The fourth-order valence-corrected chi connectivity index (χ4v) is 3.42. The van der Waals surface area contributed by atoms with Gasteiger partial charge in [-0.25, -0.2) is 4.39 Å². The summed E-state index contributed by atoms with van der Waals surface area (Å²) in [6, 6.07) is 17.7. The third kappa shape index (κ3) is 3.48. The van der Waals surface area contributed by atoms with Crippen LogP contribution in [-0.2, 0) is 0 Å². The van der Waals surface area contributed by atoms with Crippen LogP contribution in [0.5, 0.6) is 0 Å². The lowest BCUT2D eigenvalue weighted by atomic mass is 10.0. The van der Waals surface area contributed by atoms with Gasteiger partial charge in [-0.05, 0) is 13.1 Å². The van der Waals surface area contributed by atoms with Crippen LogP contribution in [0.4, 0.5) is 4.39 Å². The summed E-state index contributed by atoms with van der Waals surface area (Å²) in [5.74, 6) is 0.102. The molecule has 138 valence electrons. The van der Waals surface area contributed by atoms with Gasteiger partial charge in [0.05, 0.1) is 6.04 Å². The average Bonchev–Trinajstić information content (AvgIpc) is 3.19. The molecule has 2 heterocycles. The molecule has 6 heteroatoms. The lowest BCUT2D eigenvalue weighted by Crippen LogP contribution is -2.49. The quantitative estimate of drug-likeness (QED) is 0.711. The molecular weight excluding hydrogens is 345 g/mol. The minimum Gasteiger partial charge on any atom is -0.355 e. The van der Waals surface area contributed by atoms with Crippen molar-refractivity contribution in [2.45, 2.75) is 6.04 Å². The summed E-state index contributed by atoms with van der Waals surface area (Å²) >= 11 is 0. The molecular formula is C21H20FN3O2. The first-order valence-corrected chi connectivity index (χ1v) is 8.89. The number of aromatic nitrogens is 1. The predicted molar refractivity (Wildman–Crippen MR) is 99.6 cm³/mol. The molecule has 1 atom stereocenters. The second kappa shape index (κ2) is 7.32. The second-order valence-electron chi connectivity index (χ2n) is 6.71. The molecule has 4 rings (SSSR count). The number of nitrogens with zero attached hydrogens (tertiary/aromatic N) is 3. The zero-order valence-electron chi connectivity index (χ0n) is 15.0. The molecule has 0 N–H and O–H groups in total. The Morgan fingerprint density at radius 1 is 1.11 bits per heavy atom. The first-order chi connectivity index (χ1) is 13.1. The van der Waals surface area contributed by atoms with Gasteiger partial charge in [-0.2, -0.15) is 0 Å². The van der Waals surface area contributed by atoms with Crippen molar-refractivity contribution in [1.82, 2.24) is 15.0 Å². The Bertz CT molecular complexity index is 941. The van der Waals surface area contributed by atoms with Crippen LogP contribution in [0, 0.1) is 5.82 Å². The van der Waals surface area contributed by atoms with Crippen molar-refractivity contribution in [3.05, 3.63) is 77.7 Å². The summed E-state index contributed by atoms with van der Waals surface area (Å²) < 4.78 is 19.6. The number of piperazine rings is 1. The SMILES string of the molecule is CN1CCN(C(=O)c2cc(-c3ccccc3)on2)CC1c1ccccc1F. The normalized spacial score (nSPS) is 17.9. The molecule has 0 bridgehead atoms. The first kappa shape index (κ1) is 17.4. The van der Waals surface area contributed by atoms with Gasteiger partial charge in [-0.15, -0.1) is 0 Å². The lowest BCUT2D eigenvalue weighted by Gasteiger charge is -2.39. The molecule has 0 radical (unpaired) electrons. The summed E-state index contributed by atoms with van der Waals surface area (Å²) in [5.41, 5.74) is 1.74. The highest BCUT2D eigenvalue weighted by Crippen LogP contribution is 2.27. The van der Waals surface area contributed by atoms with Crippen LogP contribution >= 0.6 is 0 Å². The smallest absolute Gasteiger partial charge is 0.276 e. The van der Waals surface area contributed by atoms with E-state index in [4.69, 9.17) is 4.52 Å². The Balaban J connectivity index is 1.54. The maximum atomic E-state index is 14.2. The largest absolute Gasteiger partial charge is 0.355 e. The Hall–Kier alpha value is -2.99. The van der Waals surface area contributed by atoms with Gasteiger partial charge in [-0.1, -0.05) is 53.7 Å². The number of amides is 1. The van der Waals surface area contributed by atoms with Crippen molar-refractivity contribution >= 4 is 5.91 Å². The Kier molecular flexibility index (Phi) is 4.73. The zero-order chi connectivity index (χ0) is 18.8. The number of benzene rings is 2. The van der Waals surface area contributed by atoms with Gasteiger partial charge in [0.25, 0.3) is 5.91 Å².